The second-order valence-electron chi connectivity index (χ2n) is 3.62. The highest BCUT2D eigenvalue weighted by atomic mass is 16.6. The molecule has 0 aliphatic heterocycles. The van der Waals surface area contributed by atoms with Crippen LogP contribution in [-0.2, 0) is 4.79 Å². The Bertz CT molecular complexity index is 459. The van der Waals surface area contributed by atoms with E-state index < -0.39 is 17.0 Å². The number of ether oxygens (including phenoxy) is 2. The molecule has 1 atom stereocenters. The first-order valence-electron chi connectivity index (χ1n) is 5.15. The molecular formula is C11H13NO6. The van der Waals surface area contributed by atoms with Gasteiger partial charge < -0.3 is 14.6 Å². The minimum Gasteiger partial charge on any atom is -0.493 e. The van der Waals surface area contributed by atoms with Crippen molar-refractivity contribution in [3.63, 3.8) is 0 Å². The van der Waals surface area contributed by atoms with Gasteiger partial charge in [0.2, 0.25) is 0 Å². The van der Waals surface area contributed by atoms with Crippen LogP contribution in [0.3, 0.4) is 0 Å². The molecule has 1 N–H and O–H groups in total. The largest absolute Gasteiger partial charge is 0.493 e. The maximum absolute atomic E-state index is 10.6. The third-order valence-electron chi connectivity index (χ3n) is 2.15. The van der Waals surface area contributed by atoms with Gasteiger partial charge in [0, 0.05) is 6.07 Å². The van der Waals surface area contributed by atoms with Crippen LogP contribution in [0.15, 0.2) is 18.2 Å². The van der Waals surface area contributed by atoms with Crippen molar-refractivity contribution in [2.24, 2.45) is 0 Å². The number of carboxylic acids is 1. The van der Waals surface area contributed by atoms with E-state index in [-0.39, 0.29) is 23.6 Å². The zero-order chi connectivity index (χ0) is 13.7. The molecule has 0 radical (unpaired) electrons. The summed E-state index contributed by atoms with van der Waals surface area (Å²) in [7, 11) is 1.35. The molecule has 0 aliphatic carbocycles. The van der Waals surface area contributed by atoms with E-state index in [4.69, 9.17) is 14.6 Å². The molecule has 18 heavy (non-hydrogen) atoms. The molecule has 0 saturated heterocycles. The average molecular weight is 255 g/mol. The van der Waals surface area contributed by atoms with Crippen molar-refractivity contribution >= 4 is 11.7 Å². The zero-order valence-electron chi connectivity index (χ0n) is 9.95. The van der Waals surface area contributed by atoms with Crippen LogP contribution >= 0.6 is 0 Å². The molecule has 0 aromatic heterocycles. The maximum Gasteiger partial charge on any atom is 0.307 e. The van der Waals surface area contributed by atoms with Gasteiger partial charge in [0.1, 0.15) is 6.10 Å². The van der Waals surface area contributed by atoms with Gasteiger partial charge in [0.05, 0.1) is 24.5 Å². The lowest BCUT2D eigenvalue weighted by atomic mass is 10.2. The minimum absolute atomic E-state index is 0.120. The molecule has 1 aromatic rings. The van der Waals surface area contributed by atoms with Crippen LogP contribution in [0.4, 0.5) is 5.69 Å². The van der Waals surface area contributed by atoms with Gasteiger partial charge in [-0.2, -0.15) is 0 Å². The lowest BCUT2D eigenvalue weighted by Crippen LogP contribution is -2.17. The quantitative estimate of drug-likeness (QED) is 0.615. The number of nitro groups is 1. The van der Waals surface area contributed by atoms with Gasteiger partial charge in [-0.3, -0.25) is 14.9 Å². The molecule has 7 heteroatoms. The third kappa shape index (κ3) is 3.62. The molecule has 1 rings (SSSR count). The number of methoxy groups -OCH3 is 1. The Kier molecular flexibility index (Phi) is 4.47. The normalized spacial score (nSPS) is 11.7. The van der Waals surface area contributed by atoms with Gasteiger partial charge in [-0.15, -0.1) is 0 Å². The van der Waals surface area contributed by atoms with Gasteiger partial charge in [0.25, 0.3) is 5.69 Å². The van der Waals surface area contributed by atoms with E-state index in [1.165, 1.54) is 25.3 Å². The van der Waals surface area contributed by atoms with E-state index in [2.05, 4.69) is 0 Å². The summed E-state index contributed by atoms with van der Waals surface area (Å²) >= 11 is 0. The molecule has 7 nitrogen and oxygen atoms in total. The number of carboxylic acid groups (broad SMARTS) is 1. The van der Waals surface area contributed by atoms with E-state index in [9.17, 15) is 14.9 Å². The molecule has 0 fully saturated rings. The van der Waals surface area contributed by atoms with E-state index in [1.807, 2.05) is 0 Å². The fraction of sp³-hybridized carbons (Fsp3) is 0.364. The van der Waals surface area contributed by atoms with Crippen LogP contribution in [0, 0.1) is 10.1 Å². The van der Waals surface area contributed by atoms with Crippen molar-refractivity contribution in [1.29, 1.82) is 0 Å². The summed E-state index contributed by atoms with van der Waals surface area (Å²) in [4.78, 5) is 20.5. The van der Waals surface area contributed by atoms with Crippen LogP contribution in [-0.4, -0.2) is 29.2 Å². The Balaban J connectivity index is 2.88. The summed E-state index contributed by atoms with van der Waals surface area (Å²) in [6.07, 6.45) is -0.724. The third-order valence-corrected chi connectivity index (χ3v) is 2.15. The zero-order valence-corrected chi connectivity index (χ0v) is 9.95. The number of carbonyl (C=O) groups is 1. The summed E-state index contributed by atoms with van der Waals surface area (Å²) in [6.45, 7) is 1.59. The molecule has 0 bridgehead atoms. The first kappa shape index (κ1) is 13.8. The monoisotopic (exact) mass is 255 g/mol. The SMILES string of the molecule is COc1cc([N+](=O)[O-])ccc1O[C@H](C)CC(=O)O. The summed E-state index contributed by atoms with van der Waals surface area (Å²) in [5.74, 6) is -0.512. The highest BCUT2D eigenvalue weighted by Gasteiger charge is 2.15. The van der Waals surface area contributed by atoms with Crippen LogP contribution in [0.1, 0.15) is 13.3 Å². The Morgan fingerprint density at radius 3 is 2.67 bits per heavy atom. The second-order valence-corrected chi connectivity index (χ2v) is 3.62. The Labute approximate surface area is 103 Å². The van der Waals surface area contributed by atoms with Gasteiger partial charge >= 0.3 is 5.97 Å². The number of hydrogen-bond acceptors (Lipinski definition) is 5. The van der Waals surface area contributed by atoms with E-state index in [0.717, 1.165) is 0 Å². The van der Waals surface area contributed by atoms with E-state index >= 15 is 0 Å². The number of aliphatic carboxylic acids is 1. The van der Waals surface area contributed by atoms with Gasteiger partial charge in [-0.05, 0) is 13.0 Å². The number of benzene rings is 1. The maximum atomic E-state index is 10.6. The van der Waals surface area contributed by atoms with Gasteiger partial charge in [0.15, 0.2) is 11.5 Å². The van der Waals surface area contributed by atoms with Crippen LogP contribution in [0.2, 0.25) is 0 Å². The fourth-order valence-electron chi connectivity index (χ4n) is 1.37. The first-order chi connectivity index (χ1) is 8.43. The lowest BCUT2D eigenvalue weighted by Gasteiger charge is -2.15. The fourth-order valence-corrected chi connectivity index (χ4v) is 1.37. The molecule has 98 valence electrons. The van der Waals surface area contributed by atoms with Crippen molar-refractivity contribution in [2.45, 2.75) is 19.4 Å². The minimum atomic E-state index is -0.983. The van der Waals surface area contributed by atoms with Crippen molar-refractivity contribution in [3.8, 4) is 11.5 Å². The lowest BCUT2D eigenvalue weighted by molar-refractivity contribution is -0.385. The average Bonchev–Trinajstić information content (AvgIpc) is 2.27. The molecule has 0 aliphatic rings. The Morgan fingerprint density at radius 2 is 2.17 bits per heavy atom. The van der Waals surface area contributed by atoms with Crippen LogP contribution < -0.4 is 9.47 Å². The highest BCUT2D eigenvalue weighted by Crippen LogP contribution is 2.32. The number of nitrogens with zero attached hydrogens (tertiary/aromatic N) is 1. The summed E-state index contributed by atoms with van der Waals surface area (Å²) in [5, 5.41) is 19.2. The van der Waals surface area contributed by atoms with Crippen molar-refractivity contribution in [1.82, 2.24) is 0 Å². The number of hydrogen-bond donors (Lipinski definition) is 1. The number of nitro benzene ring substituents is 1. The molecule has 0 spiro atoms. The number of rotatable bonds is 6. The number of non-ortho nitro benzene ring substituents is 1. The van der Waals surface area contributed by atoms with E-state index in [0.29, 0.717) is 0 Å². The predicted octanol–water partition coefficient (Wildman–Crippen LogP) is 1.85. The van der Waals surface area contributed by atoms with Crippen molar-refractivity contribution in [2.75, 3.05) is 7.11 Å². The van der Waals surface area contributed by atoms with E-state index in [1.54, 1.807) is 6.92 Å². The molecule has 0 amide bonds. The molecule has 0 saturated carbocycles. The van der Waals surface area contributed by atoms with Crippen molar-refractivity contribution < 1.29 is 24.3 Å². The first-order valence-corrected chi connectivity index (χ1v) is 5.15. The van der Waals surface area contributed by atoms with Crippen LogP contribution in [0.5, 0.6) is 11.5 Å². The smallest absolute Gasteiger partial charge is 0.307 e. The molecule has 0 unspecified atom stereocenters. The standard InChI is InChI=1S/C11H13NO6/c1-7(5-11(13)14)18-9-4-3-8(12(15)16)6-10(9)17-2/h3-4,6-7H,5H2,1-2H3,(H,13,14)/t7-/m1/s1. The summed E-state index contributed by atoms with van der Waals surface area (Å²) in [6, 6.07) is 3.88. The summed E-state index contributed by atoms with van der Waals surface area (Å²) in [5.41, 5.74) is -0.120. The van der Waals surface area contributed by atoms with Crippen LogP contribution in [0.25, 0.3) is 0 Å². The van der Waals surface area contributed by atoms with Crippen molar-refractivity contribution in [3.05, 3.63) is 28.3 Å². The molecular weight excluding hydrogens is 242 g/mol. The topological polar surface area (TPSA) is 98.9 Å². The molecule has 0 heterocycles. The Morgan fingerprint density at radius 1 is 1.50 bits per heavy atom. The van der Waals surface area contributed by atoms with Gasteiger partial charge in [-0.25, -0.2) is 0 Å². The molecule has 1 aromatic carbocycles. The Hall–Kier alpha value is -2.31. The highest BCUT2D eigenvalue weighted by molar-refractivity contribution is 5.67. The summed E-state index contributed by atoms with van der Waals surface area (Å²) < 4.78 is 10.3. The second kappa shape index (κ2) is 5.85. The predicted molar refractivity (Wildman–Crippen MR) is 62.0 cm³/mol. The van der Waals surface area contributed by atoms with Gasteiger partial charge in [-0.1, -0.05) is 0 Å².